The summed E-state index contributed by atoms with van der Waals surface area (Å²) in [4.78, 5) is 14.2. The molecule has 0 aliphatic carbocycles. The smallest absolute Gasteiger partial charge is 0.258 e. The number of anilines is 1. The van der Waals surface area contributed by atoms with E-state index in [-0.39, 0.29) is 16.7 Å². The molecule has 0 radical (unpaired) electrons. The number of hydrogen-bond acceptors (Lipinski definition) is 4. The molecule has 1 amide bonds. The van der Waals surface area contributed by atoms with Gasteiger partial charge in [0.2, 0.25) is 10.0 Å². The van der Waals surface area contributed by atoms with Crippen LogP contribution in [-0.2, 0) is 16.4 Å². The van der Waals surface area contributed by atoms with Crippen molar-refractivity contribution in [3.05, 3.63) is 65.7 Å². The highest BCUT2D eigenvalue weighted by molar-refractivity contribution is 7.89. The number of nitrogens with zero attached hydrogens (tertiary/aromatic N) is 1. The third kappa shape index (κ3) is 2.89. The number of benzene rings is 3. The zero-order valence-electron chi connectivity index (χ0n) is 15.9. The number of nitrogens with one attached hydrogen (secondary N) is 1. The Bertz CT molecular complexity index is 1250. The van der Waals surface area contributed by atoms with Gasteiger partial charge in [0.1, 0.15) is 5.75 Å². The van der Waals surface area contributed by atoms with Crippen LogP contribution in [0.3, 0.4) is 0 Å². The molecule has 29 heavy (non-hydrogen) atoms. The molecular formula is C22H20N2O4S. The van der Waals surface area contributed by atoms with Crippen molar-refractivity contribution < 1.29 is 17.9 Å². The van der Waals surface area contributed by atoms with Gasteiger partial charge in [-0.1, -0.05) is 30.3 Å². The van der Waals surface area contributed by atoms with Gasteiger partial charge in [-0.15, -0.1) is 0 Å². The number of sulfonamides is 1. The monoisotopic (exact) mass is 408 g/mol. The lowest BCUT2D eigenvalue weighted by molar-refractivity contribution is 0.0999. The Labute approximate surface area is 169 Å². The number of carbonyl (C=O) groups excluding carboxylic acids is 1. The largest absolute Gasteiger partial charge is 0.493 e. The minimum Gasteiger partial charge on any atom is -0.493 e. The fourth-order valence-corrected chi connectivity index (χ4v) is 5.49. The predicted molar refractivity (Wildman–Crippen MR) is 111 cm³/mol. The highest BCUT2D eigenvalue weighted by Gasteiger charge is 2.30. The van der Waals surface area contributed by atoms with Crippen LogP contribution >= 0.6 is 0 Å². The van der Waals surface area contributed by atoms with Crippen molar-refractivity contribution in [1.29, 1.82) is 0 Å². The van der Waals surface area contributed by atoms with E-state index in [9.17, 15) is 13.2 Å². The molecule has 1 unspecified atom stereocenters. The van der Waals surface area contributed by atoms with Crippen LogP contribution in [0.5, 0.6) is 5.75 Å². The van der Waals surface area contributed by atoms with E-state index < -0.39 is 10.0 Å². The number of amides is 1. The summed E-state index contributed by atoms with van der Waals surface area (Å²) in [6, 6.07) is 16.3. The van der Waals surface area contributed by atoms with E-state index in [4.69, 9.17) is 4.74 Å². The second kappa shape index (κ2) is 6.57. The average molecular weight is 408 g/mol. The average Bonchev–Trinajstić information content (AvgIpc) is 2.99. The lowest BCUT2D eigenvalue weighted by Crippen LogP contribution is -2.34. The minimum atomic E-state index is -3.74. The van der Waals surface area contributed by atoms with Crippen molar-refractivity contribution in [3.63, 3.8) is 0 Å². The van der Waals surface area contributed by atoms with Gasteiger partial charge < -0.3 is 9.64 Å². The van der Waals surface area contributed by atoms with Crippen LogP contribution in [0.25, 0.3) is 10.8 Å². The fourth-order valence-electron chi connectivity index (χ4n) is 4.17. The maximum Gasteiger partial charge on any atom is 0.258 e. The molecule has 0 saturated carbocycles. The molecule has 0 aromatic heterocycles. The molecule has 6 nitrogen and oxygen atoms in total. The molecule has 0 fully saturated rings. The Kier molecular flexibility index (Phi) is 4.11. The van der Waals surface area contributed by atoms with Crippen LogP contribution in [-0.4, -0.2) is 34.5 Å². The molecule has 3 aromatic rings. The summed E-state index contributed by atoms with van der Waals surface area (Å²) >= 11 is 0. The van der Waals surface area contributed by atoms with Crippen LogP contribution in [0.15, 0.2) is 59.5 Å². The zero-order valence-corrected chi connectivity index (χ0v) is 16.7. The summed E-state index contributed by atoms with van der Waals surface area (Å²) in [6.07, 6.45) is 0.766. The fraction of sp³-hybridized carbons (Fsp3) is 0.227. The lowest BCUT2D eigenvalue weighted by Gasteiger charge is -2.25. The van der Waals surface area contributed by atoms with Crippen LogP contribution in [0.1, 0.15) is 15.9 Å². The molecule has 148 valence electrons. The third-order valence-corrected chi connectivity index (χ3v) is 7.16. The standard InChI is InChI=1S/C22H20N2O4S/c1-24-18-9-10-20(16-6-4-7-17(21(16)18)22(24)25)29(26,27)23-12-14-11-15-5-2-3-8-19(15)28-13-14/h2-10,14,23H,11-13H2,1H3. The molecule has 2 aliphatic rings. The molecule has 0 spiro atoms. The molecule has 1 atom stereocenters. The van der Waals surface area contributed by atoms with Gasteiger partial charge >= 0.3 is 0 Å². The van der Waals surface area contributed by atoms with Crippen molar-refractivity contribution in [2.75, 3.05) is 25.1 Å². The van der Waals surface area contributed by atoms with Crippen LogP contribution in [0.4, 0.5) is 5.69 Å². The van der Waals surface area contributed by atoms with Gasteiger partial charge in [0.15, 0.2) is 0 Å². The number of para-hydroxylation sites is 1. The van der Waals surface area contributed by atoms with Gasteiger partial charge in [-0.3, -0.25) is 4.79 Å². The maximum atomic E-state index is 13.1. The SMILES string of the molecule is CN1C(=O)c2cccc3c(S(=O)(=O)NCC4COc5ccccc5C4)ccc1c23. The molecule has 1 N–H and O–H groups in total. The number of ether oxygens (including phenoxy) is 1. The van der Waals surface area contributed by atoms with Gasteiger partial charge in [0.25, 0.3) is 5.91 Å². The number of rotatable bonds is 4. The molecule has 2 aliphatic heterocycles. The van der Waals surface area contributed by atoms with Gasteiger partial charge in [-0.2, -0.15) is 0 Å². The summed E-state index contributed by atoms with van der Waals surface area (Å²) < 4.78 is 34.7. The molecule has 0 bridgehead atoms. The molecule has 2 heterocycles. The normalized spacial score (nSPS) is 18.0. The Morgan fingerprint density at radius 3 is 2.79 bits per heavy atom. The summed E-state index contributed by atoms with van der Waals surface area (Å²) in [7, 11) is -2.04. The van der Waals surface area contributed by atoms with E-state index in [0.717, 1.165) is 23.4 Å². The van der Waals surface area contributed by atoms with Crippen molar-refractivity contribution in [3.8, 4) is 5.75 Å². The topological polar surface area (TPSA) is 75.7 Å². The number of hydrogen-bond donors (Lipinski definition) is 1. The molecular weight excluding hydrogens is 388 g/mol. The van der Waals surface area contributed by atoms with Crippen LogP contribution in [0, 0.1) is 5.92 Å². The number of fused-ring (bicyclic) bond motifs is 1. The van der Waals surface area contributed by atoms with Crippen LogP contribution in [0.2, 0.25) is 0 Å². The summed E-state index contributed by atoms with van der Waals surface area (Å²) in [5, 5.41) is 1.26. The van der Waals surface area contributed by atoms with E-state index in [1.165, 1.54) is 0 Å². The molecule has 3 aromatic carbocycles. The molecule has 7 heteroatoms. The Morgan fingerprint density at radius 1 is 1.10 bits per heavy atom. The molecule has 0 saturated heterocycles. The third-order valence-electron chi connectivity index (χ3n) is 5.68. The maximum absolute atomic E-state index is 13.1. The summed E-state index contributed by atoms with van der Waals surface area (Å²) in [5.74, 6) is 0.809. The predicted octanol–water partition coefficient (Wildman–Crippen LogP) is 2.96. The zero-order chi connectivity index (χ0) is 20.2. The van der Waals surface area contributed by atoms with Crippen molar-refractivity contribution in [1.82, 2.24) is 4.72 Å². The number of carbonyl (C=O) groups is 1. The van der Waals surface area contributed by atoms with Gasteiger partial charge in [0, 0.05) is 35.8 Å². The highest BCUT2D eigenvalue weighted by atomic mass is 32.2. The Balaban J connectivity index is 1.43. The second-order valence-electron chi connectivity index (χ2n) is 7.52. The van der Waals surface area contributed by atoms with Crippen LogP contribution < -0.4 is 14.4 Å². The lowest BCUT2D eigenvalue weighted by atomic mass is 9.97. The first-order valence-electron chi connectivity index (χ1n) is 9.50. The van der Waals surface area contributed by atoms with E-state index in [0.29, 0.717) is 29.5 Å². The quantitative estimate of drug-likeness (QED) is 0.720. The van der Waals surface area contributed by atoms with E-state index in [2.05, 4.69) is 4.72 Å². The van der Waals surface area contributed by atoms with Crippen molar-refractivity contribution in [2.45, 2.75) is 11.3 Å². The van der Waals surface area contributed by atoms with Gasteiger partial charge in [-0.25, -0.2) is 13.1 Å². The molecule has 5 rings (SSSR count). The van der Waals surface area contributed by atoms with E-state index in [1.807, 2.05) is 24.3 Å². The summed E-state index contributed by atoms with van der Waals surface area (Å²) in [5.41, 5.74) is 2.36. The van der Waals surface area contributed by atoms with Gasteiger partial charge in [0.05, 0.1) is 17.2 Å². The summed E-state index contributed by atoms with van der Waals surface area (Å²) in [6.45, 7) is 0.765. The van der Waals surface area contributed by atoms with Gasteiger partial charge in [-0.05, 0) is 36.2 Å². The van der Waals surface area contributed by atoms with E-state index >= 15 is 0 Å². The van der Waals surface area contributed by atoms with Crippen molar-refractivity contribution >= 4 is 32.4 Å². The first-order chi connectivity index (χ1) is 14.0. The van der Waals surface area contributed by atoms with E-state index in [1.54, 1.807) is 42.3 Å². The Morgan fingerprint density at radius 2 is 1.93 bits per heavy atom. The first kappa shape index (κ1) is 18.1. The van der Waals surface area contributed by atoms with Crippen molar-refractivity contribution in [2.24, 2.45) is 5.92 Å². The second-order valence-corrected chi connectivity index (χ2v) is 9.25. The Hall–Kier alpha value is -2.90. The first-order valence-corrected chi connectivity index (χ1v) is 11.0. The minimum absolute atomic E-state index is 0.0594. The highest BCUT2D eigenvalue weighted by Crippen LogP contribution is 2.39.